The van der Waals surface area contributed by atoms with Gasteiger partial charge in [0.05, 0.1) is 12.0 Å². The second-order valence-electron chi connectivity index (χ2n) is 9.34. The van der Waals surface area contributed by atoms with E-state index < -0.39 is 0 Å². The molecule has 2 aliphatic heterocycles. The van der Waals surface area contributed by atoms with E-state index in [1.807, 2.05) is 0 Å². The summed E-state index contributed by atoms with van der Waals surface area (Å²) in [7, 11) is 1.70. The third kappa shape index (κ3) is 5.52. The van der Waals surface area contributed by atoms with Crippen LogP contribution < -0.4 is 19.9 Å². The van der Waals surface area contributed by atoms with Gasteiger partial charge in [-0.2, -0.15) is 5.10 Å². The number of halogens is 1. The van der Waals surface area contributed by atoms with Gasteiger partial charge in [-0.15, -0.1) is 0 Å². The third-order valence-corrected chi connectivity index (χ3v) is 7.64. The summed E-state index contributed by atoms with van der Waals surface area (Å²) in [6.45, 7) is 11.2. The molecular formula is C25H35BrN8O2. The van der Waals surface area contributed by atoms with E-state index in [-0.39, 0.29) is 0 Å². The maximum Gasteiger partial charge on any atom is 0.161 e. The molecule has 0 spiro atoms. The van der Waals surface area contributed by atoms with Gasteiger partial charge in [0.1, 0.15) is 29.1 Å². The predicted molar refractivity (Wildman–Crippen MR) is 147 cm³/mol. The van der Waals surface area contributed by atoms with Gasteiger partial charge in [0.15, 0.2) is 5.65 Å². The van der Waals surface area contributed by atoms with Crippen LogP contribution in [0.2, 0.25) is 0 Å². The SMILES string of the molecule is COCCOc1cc(NCCN2CCCC2)c(C)c(N2CCN(c3ncnc4[nH]nc(Br)c34)CC2)c1. The number of nitrogens with zero attached hydrogens (tertiary/aromatic N) is 6. The topological polar surface area (TPSA) is 94.7 Å². The number of benzene rings is 1. The lowest BCUT2D eigenvalue weighted by molar-refractivity contribution is 0.146. The number of piperazine rings is 1. The Morgan fingerprint density at radius 3 is 2.58 bits per heavy atom. The first-order chi connectivity index (χ1) is 17.6. The Hall–Kier alpha value is -2.63. The zero-order valence-corrected chi connectivity index (χ0v) is 22.7. The maximum atomic E-state index is 6.05. The molecule has 2 saturated heterocycles. The molecule has 2 aromatic heterocycles. The van der Waals surface area contributed by atoms with Gasteiger partial charge >= 0.3 is 0 Å². The number of aromatic nitrogens is 4. The standard InChI is InChI=1S/C25H35BrN8O2/c1-18-20(27-5-8-32-6-3-4-7-32)15-19(36-14-13-35-2)16-21(18)33-9-11-34(12-10-33)25-22-23(26)30-31-24(22)28-17-29-25/h15-17,27H,3-14H2,1-2H3,(H,28,29,30,31). The molecule has 194 valence electrons. The molecule has 3 aromatic rings. The number of likely N-dealkylation sites (tertiary alicyclic amines) is 1. The number of hydrogen-bond donors (Lipinski definition) is 2. The number of hydrogen-bond acceptors (Lipinski definition) is 9. The van der Waals surface area contributed by atoms with Gasteiger partial charge in [-0.1, -0.05) is 0 Å². The van der Waals surface area contributed by atoms with Crippen molar-refractivity contribution in [2.24, 2.45) is 0 Å². The van der Waals surface area contributed by atoms with Crippen LogP contribution in [-0.2, 0) is 4.74 Å². The first-order valence-corrected chi connectivity index (χ1v) is 13.5. The van der Waals surface area contributed by atoms with Crippen LogP contribution in [0.3, 0.4) is 0 Å². The lowest BCUT2D eigenvalue weighted by Gasteiger charge is -2.38. The monoisotopic (exact) mass is 558 g/mol. The molecule has 0 saturated carbocycles. The van der Waals surface area contributed by atoms with E-state index in [2.05, 4.69) is 75.2 Å². The van der Waals surface area contributed by atoms with Crippen molar-refractivity contribution in [3.8, 4) is 5.75 Å². The molecule has 0 atom stereocenters. The van der Waals surface area contributed by atoms with Crippen molar-refractivity contribution in [1.82, 2.24) is 25.1 Å². The molecule has 0 bridgehead atoms. The zero-order valence-electron chi connectivity index (χ0n) is 21.1. The maximum absolute atomic E-state index is 6.05. The highest BCUT2D eigenvalue weighted by Crippen LogP contribution is 2.35. The average molecular weight is 560 g/mol. The van der Waals surface area contributed by atoms with E-state index in [1.54, 1.807) is 13.4 Å². The van der Waals surface area contributed by atoms with E-state index in [1.165, 1.54) is 37.2 Å². The second-order valence-corrected chi connectivity index (χ2v) is 10.1. The van der Waals surface area contributed by atoms with Gasteiger partial charge in [0, 0.05) is 69.9 Å². The smallest absolute Gasteiger partial charge is 0.161 e. The van der Waals surface area contributed by atoms with E-state index >= 15 is 0 Å². The van der Waals surface area contributed by atoms with Gasteiger partial charge < -0.3 is 29.5 Å². The zero-order chi connectivity index (χ0) is 24.9. The minimum absolute atomic E-state index is 0.531. The van der Waals surface area contributed by atoms with Crippen LogP contribution in [-0.4, -0.2) is 97.7 Å². The summed E-state index contributed by atoms with van der Waals surface area (Å²) in [4.78, 5) is 16.2. The quantitative estimate of drug-likeness (QED) is 0.363. The molecule has 4 heterocycles. The molecule has 11 heteroatoms. The lowest BCUT2D eigenvalue weighted by atomic mass is 10.1. The van der Waals surface area contributed by atoms with E-state index in [9.17, 15) is 0 Å². The molecule has 0 unspecified atom stereocenters. The molecule has 0 aliphatic carbocycles. The summed E-state index contributed by atoms with van der Waals surface area (Å²) >= 11 is 3.53. The van der Waals surface area contributed by atoms with Crippen molar-refractivity contribution in [1.29, 1.82) is 0 Å². The molecule has 2 aliphatic rings. The number of H-pyrrole nitrogens is 1. The fourth-order valence-electron chi connectivity index (χ4n) is 5.07. The van der Waals surface area contributed by atoms with Crippen LogP contribution in [0.5, 0.6) is 5.75 Å². The number of nitrogens with one attached hydrogen (secondary N) is 2. The molecule has 2 N–H and O–H groups in total. The summed E-state index contributed by atoms with van der Waals surface area (Å²) < 4.78 is 12.0. The van der Waals surface area contributed by atoms with Gasteiger partial charge in [-0.25, -0.2) is 9.97 Å². The summed E-state index contributed by atoms with van der Waals surface area (Å²) in [6.07, 6.45) is 4.23. The van der Waals surface area contributed by atoms with Crippen LogP contribution in [0.15, 0.2) is 23.1 Å². The van der Waals surface area contributed by atoms with Crippen molar-refractivity contribution >= 4 is 44.2 Å². The minimum Gasteiger partial charge on any atom is -0.491 e. The van der Waals surface area contributed by atoms with E-state index in [4.69, 9.17) is 9.47 Å². The predicted octanol–water partition coefficient (Wildman–Crippen LogP) is 3.28. The lowest BCUT2D eigenvalue weighted by Crippen LogP contribution is -2.47. The summed E-state index contributed by atoms with van der Waals surface area (Å²) in [5, 5.41) is 11.8. The van der Waals surface area contributed by atoms with Crippen molar-refractivity contribution in [3.63, 3.8) is 0 Å². The normalized spacial score (nSPS) is 16.8. The molecular weight excluding hydrogens is 524 g/mol. The molecule has 10 nitrogen and oxygen atoms in total. The molecule has 0 radical (unpaired) electrons. The Labute approximate surface area is 220 Å². The summed E-state index contributed by atoms with van der Waals surface area (Å²) in [5.74, 6) is 1.79. The van der Waals surface area contributed by atoms with Crippen LogP contribution in [0, 0.1) is 6.92 Å². The van der Waals surface area contributed by atoms with Crippen LogP contribution in [0.25, 0.3) is 11.0 Å². The van der Waals surface area contributed by atoms with Crippen LogP contribution in [0.1, 0.15) is 18.4 Å². The Bertz CT molecular complexity index is 1160. The molecule has 36 heavy (non-hydrogen) atoms. The number of ether oxygens (including phenoxy) is 2. The van der Waals surface area contributed by atoms with Gasteiger partial charge in [-0.05, 0) is 54.3 Å². The van der Waals surface area contributed by atoms with Crippen LogP contribution in [0.4, 0.5) is 17.2 Å². The average Bonchev–Trinajstić information content (AvgIpc) is 3.56. The number of fused-ring (bicyclic) bond motifs is 1. The van der Waals surface area contributed by atoms with Gasteiger partial charge in [-0.3, -0.25) is 5.10 Å². The Morgan fingerprint density at radius 1 is 1.03 bits per heavy atom. The van der Waals surface area contributed by atoms with Crippen molar-refractivity contribution < 1.29 is 9.47 Å². The van der Waals surface area contributed by atoms with Crippen molar-refractivity contribution in [3.05, 3.63) is 28.6 Å². The minimum atomic E-state index is 0.531. The Morgan fingerprint density at radius 2 is 1.81 bits per heavy atom. The highest BCUT2D eigenvalue weighted by atomic mass is 79.9. The largest absolute Gasteiger partial charge is 0.491 e. The highest BCUT2D eigenvalue weighted by molar-refractivity contribution is 9.10. The summed E-state index contributed by atoms with van der Waals surface area (Å²) in [6, 6.07) is 4.30. The fourth-order valence-corrected chi connectivity index (χ4v) is 5.53. The van der Waals surface area contributed by atoms with Gasteiger partial charge in [0.2, 0.25) is 0 Å². The Balaban J connectivity index is 1.31. The fraction of sp³-hybridized carbons (Fsp3) is 0.560. The van der Waals surface area contributed by atoms with Crippen molar-refractivity contribution in [2.45, 2.75) is 19.8 Å². The van der Waals surface area contributed by atoms with Crippen LogP contribution >= 0.6 is 15.9 Å². The highest BCUT2D eigenvalue weighted by Gasteiger charge is 2.24. The summed E-state index contributed by atoms with van der Waals surface area (Å²) in [5.41, 5.74) is 4.36. The molecule has 2 fully saturated rings. The Kier molecular flexibility index (Phi) is 8.08. The van der Waals surface area contributed by atoms with Crippen molar-refractivity contribution in [2.75, 3.05) is 87.8 Å². The number of rotatable bonds is 10. The number of aromatic amines is 1. The van der Waals surface area contributed by atoms with E-state index in [0.29, 0.717) is 13.2 Å². The molecule has 1 aromatic carbocycles. The number of methoxy groups -OCH3 is 1. The van der Waals surface area contributed by atoms with Gasteiger partial charge in [0.25, 0.3) is 0 Å². The molecule has 5 rings (SSSR count). The molecule has 0 amide bonds. The second kappa shape index (κ2) is 11.6. The number of anilines is 3. The third-order valence-electron chi connectivity index (χ3n) is 7.07. The first kappa shape index (κ1) is 25.0. The first-order valence-electron chi connectivity index (χ1n) is 12.7. The van der Waals surface area contributed by atoms with E-state index in [0.717, 1.165) is 72.2 Å².